The average molecular weight is 379 g/mol. The monoisotopic (exact) mass is 378 g/mol. The molecule has 0 aromatic heterocycles. The molecule has 4 nitrogen and oxygen atoms in total. The Labute approximate surface area is 159 Å². The molecule has 0 aliphatic carbocycles. The Balaban J connectivity index is 1.57. The Morgan fingerprint density at radius 1 is 1.04 bits per heavy atom. The van der Waals surface area contributed by atoms with Crippen molar-refractivity contribution in [3.63, 3.8) is 0 Å². The summed E-state index contributed by atoms with van der Waals surface area (Å²) >= 11 is 0. The summed E-state index contributed by atoms with van der Waals surface area (Å²) in [5, 5.41) is 0. The van der Waals surface area contributed by atoms with Gasteiger partial charge in [0, 0.05) is 24.8 Å². The zero-order valence-corrected chi connectivity index (χ0v) is 17.3. The van der Waals surface area contributed by atoms with Gasteiger partial charge in [0.15, 0.2) is 9.84 Å². The van der Waals surface area contributed by atoms with Gasteiger partial charge in [0.05, 0.1) is 10.6 Å². The normalized spacial score (nSPS) is 21.5. The van der Waals surface area contributed by atoms with E-state index in [0.29, 0.717) is 10.9 Å². The fraction of sp³-hybridized carbons (Fsp3) is 0.714. The molecule has 2 aliphatic heterocycles. The van der Waals surface area contributed by atoms with Gasteiger partial charge >= 0.3 is 0 Å². The van der Waals surface area contributed by atoms with E-state index in [4.69, 9.17) is 0 Å². The maximum atomic E-state index is 12.1. The third-order valence-corrected chi connectivity index (χ3v) is 8.15. The van der Waals surface area contributed by atoms with Crippen LogP contribution in [0.2, 0.25) is 0 Å². The van der Waals surface area contributed by atoms with Crippen molar-refractivity contribution in [2.24, 2.45) is 11.8 Å². The van der Waals surface area contributed by atoms with Gasteiger partial charge < -0.3 is 9.80 Å². The quantitative estimate of drug-likeness (QED) is 0.781. The first-order chi connectivity index (χ1) is 12.4. The smallest absolute Gasteiger partial charge is 0.178 e. The molecule has 0 saturated carbocycles. The summed E-state index contributed by atoms with van der Waals surface area (Å²) in [6, 6.07) is 8.19. The summed E-state index contributed by atoms with van der Waals surface area (Å²) in [6.45, 7) is 10.9. The minimum absolute atomic E-state index is 0.158. The van der Waals surface area contributed by atoms with Gasteiger partial charge in [-0.05, 0) is 68.8 Å². The summed E-state index contributed by atoms with van der Waals surface area (Å²) in [5.74, 6) is 1.87. The predicted molar refractivity (Wildman–Crippen MR) is 109 cm³/mol. The largest absolute Gasteiger partial charge is 0.371 e. The van der Waals surface area contributed by atoms with Gasteiger partial charge in [0.2, 0.25) is 0 Å². The summed E-state index contributed by atoms with van der Waals surface area (Å²) in [7, 11) is -3.13. The number of hydrogen-bond acceptors (Lipinski definition) is 4. The van der Waals surface area contributed by atoms with E-state index in [2.05, 4.69) is 23.6 Å². The molecule has 2 aliphatic rings. The molecule has 26 heavy (non-hydrogen) atoms. The van der Waals surface area contributed by atoms with Crippen molar-refractivity contribution >= 4 is 15.5 Å². The highest BCUT2D eigenvalue weighted by atomic mass is 32.2. The molecule has 0 N–H and O–H groups in total. The van der Waals surface area contributed by atoms with E-state index < -0.39 is 9.84 Å². The summed E-state index contributed by atoms with van der Waals surface area (Å²) < 4.78 is 24.3. The lowest BCUT2D eigenvalue weighted by molar-refractivity contribution is 0.101. The second kappa shape index (κ2) is 8.30. The lowest BCUT2D eigenvalue weighted by Gasteiger charge is -2.43. The van der Waals surface area contributed by atoms with E-state index in [1.165, 1.54) is 38.8 Å². The van der Waals surface area contributed by atoms with Crippen LogP contribution in [0.5, 0.6) is 0 Å². The molecule has 2 fully saturated rings. The lowest BCUT2D eigenvalue weighted by atomic mass is 9.85. The number of benzene rings is 1. The topological polar surface area (TPSA) is 40.6 Å². The van der Waals surface area contributed by atoms with E-state index in [-0.39, 0.29) is 5.75 Å². The first-order valence-electron chi connectivity index (χ1n) is 10.2. The van der Waals surface area contributed by atoms with E-state index in [1.54, 1.807) is 13.0 Å². The van der Waals surface area contributed by atoms with Gasteiger partial charge in [0.25, 0.3) is 0 Å². The molecule has 3 rings (SSSR count). The van der Waals surface area contributed by atoms with E-state index >= 15 is 0 Å². The number of likely N-dealkylation sites (tertiary alicyclic amines) is 1. The molecule has 2 heterocycles. The maximum Gasteiger partial charge on any atom is 0.178 e. The Morgan fingerprint density at radius 2 is 1.69 bits per heavy atom. The molecular formula is C21H34N2O2S. The minimum atomic E-state index is -3.13. The molecule has 0 atom stereocenters. The Hall–Kier alpha value is -1.07. The molecule has 0 unspecified atom stereocenters. The zero-order chi connectivity index (χ0) is 18.7. The third kappa shape index (κ3) is 4.42. The van der Waals surface area contributed by atoms with Crippen LogP contribution in [0.1, 0.15) is 46.5 Å². The van der Waals surface area contributed by atoms with Crippen molar-refractivity contribution < 1.29 is 8.42 Å². The third-order valence-electron chi connectivity index (χ3n) is 6.42. The van der Waals surface area contributed by atoms with Gasteiger partial charge in [0.1, 0.15) is 0 Å². The van der Waals surface area contributed by atoms with Crippen molar-refractivity contribution in [3.05, 3.63) is 24.3 Å². The van der Waals surface area contributed by atoms with Crippen molar-refractivity contribution in [2.45, 2.75) is 57.4 Å². The first-order valence-corrected chi connectivity index (χ1v) is 11.9. The molecule has 5 heteroatoms. The van der Waals surface area contributed by atoms with Crippen LogP contribution in [0.4, 0.5) is 5.69 Å². The van der Waals surface area contributed by atoms with Crippen molar-refractivity contribution in [1.82, 2.24) is 4.90 Å². The van der Waals surface area contributed by atoms with E-state index in [0.717, 1.165) is 30.6 Å². The molecule has 1 aromatic carbocycles. The van der Waals surface area contributed by atoms with Gasteiger partial charge in [-0.15, -0.1) is 0 Å². The van der Waals surface area contributed by atoms with Gasteiger partial charge in [-0.1, -0.05) is 26.8 Å². The number of piperidine rings is 2. The minimum Gasteiger partial charge on any atom is -0.371 e. The average Bonchev–Trinajstić information content (AvgIpc) is 2.68. The Kier molecular flexibility index (Phi) is 6.29. The highest BCUT2D eigenvalue weighted by molar-refractivity contribution is 7.91. The summed E-state index contributed by atoms with van der Waals surface area (Å²) in [5.41, 5.74) is 1.05. The van der Waals surface area contributed by atoms with Crippen molar-refractivity contribution in [1.29, 1.82) is 0 Å². The number of hydrogen-bond donors (Lipinski definition) is 0. The van der Waals surface area contributed by atoms with Crippen LogP contribution in [0, 0.1) is 11.8 Å². The summed E-state index contributed by atoms with van der Waals surface area (Å²) in [6.07, 6.45) is 5.04. The second-order valence-electron chi connectivity index (χ2n) is 8.24. The van der Waals surface area contributed by atoms with Crippen LogP contribution < -0.4 is 4.90 Å². The zero-order valence-electron chi connectivity index (χ0n) is 16.5. The van der Waals surface area contributed by atoms with E-state index in [9.17, 15) is 8.42 Å². The predicted octanol–water partition coefficient (Wildman–Crippen LogP) is 3.82. The maximum absolute atomic E-state index is 12.1. The molecule has 146 valence electrons. The molecule has 1 aromatic rings. The van der Waals surface area contributed by atoms with Gasteiger partial charge in [-0.25, -0.2) is 8.42 Å². The number of anilines is 1. The first kappa shape index (κ1) is 19.7. The molecule has 2 saturated heterocycles. The fourth-order valence-electron chi connectivity index (χ4n) is 4.48. The Morgan fingerprint density at radius 3 is 2.27 bits per heavy atom. The van der Waals surface area contributed by atoms with Crippen LogP contribution in [0.15, 0.2) is 29.2 Å². The van der Waals surface area contributed by atoms with Crippen LogP contribution in [0.25, 0.3) is 0 Å². The second-order valence-corrected chi connectivity index (χ2v) is 10.5. The number of sulfone groups is 1. The lowest BCUT2D eigenvalue weighted by Crippen LogP contribution is -2.48. The van der Waals surface area contributed by atoms with Crippen LogP contribution in [-0.2, 0) is 9.84 Å². The van der Waals surface area contributed by atoms with Crippen LogP contribution in [0.3, 0.4) is 0 Å². The SMILES string of the molecule is CCS(=O)(=O)c1cccc(N2CCC(N3CCC(C(C)C)CC3)CC2)c1. The summed E-state index contributed by atoms with van der Waals surface area (Å²) in [4.78, 5) is 5.51. The number of rotatable bonds is 5. The number of nitrogens with zero attached hydrogens (tertiary/aromatic N) is 2. The molecule has 0 bridgehead atoms. The van der Waals surface area contributed by atoms with Gasteiger partial charge in [-0.2, -0.15) is 0 Å². The van der Waals surface area contributed by atoms with Gasteiger partial charge in [-0.3, -0.25) is 0 Å². The molecular weight excluding hydrogens is 344 g/mol. The molecule has 0 amide bonds. The van der Waals surface area contributed by atoms with Crippen molar-refractivity contribution in [3.8, 4) is 0 Å². The fourth-order valence-corrected chi connectivity index (χ4v) is 5.40. The van der Waals surface area contributed by atoms with E-state index in [1.807, 2.05) is 18.2 Å². The van der Waals surface area contributed by atoms with Crippen LogP contribution in [-0.4, -0.2) is 51.3 Å². The highest BCUT2D eigenvalue weighted by Gasteiger charge is 2.29. The Bertz CT molecular complexity index is 686. The standard InChI is InChI=1S/C21H34N2O2S/c1-4-26(24,25)21-7-5-6-20(16-21)23-14-10-19(11-15-23)22-12-8-18(9-13-22)17(2)3/h5-7,16-19H,4,8-15H2,1-3H3. The van der Waals surface area contributed by atoms with Crippen LogP contribution >= 0.6 is 0 Å². The molecule has 0 radical (unpaired) electrons. The van der Waals surface area contributed by atoms with Crippen molar-refractivity contribution in [2.75, 3.05) is 36.8 Å². The highest BCUT2D eigenvalue weighted by Crippen LogP contribution is 2.29. The molecule has 0 spiro atoms.